The van der Waals surface area contributed by atoms with E-state index in [0.717, 1.165) is 17.6 Å². The van der Waals surface area contributed by atoms with Crippen LogP contribution in [-0.2, 0) is 19.1 Å². The van der Waals surface area contributed by atoms with Gasteiger partial charge in [0.25, 0.3) is 0 Å². The molecule has 4 aliphatic rings. The van der Waals surface area contributed by atoms with Crippen molar-refractivity contribution in [2.75, 3.05) is 6.61 Å². The van der Waals surface area contributed by atoms with Gasteiger partial charge in [-0.2, -0.15) is 0 Å². The minimum atomic E-state index is -1.27. The van der Waals surface area contributed by atoms with Crippen LogP contribution in [0.5, 0.6) is 0 Å². The van der Waals surface area contributed by atoms with Crippen molar-refractivity contribution >= 4 is 11.9 Å². The van der Waals surface area contributed by atoms with E-state index in [2.05, 4.69) is 6.92 Å². The molecule has 6 heteroatoms. The molecule has 1 aliphatic heterocycles. The largest absolute Gasteiger partial charge is 0.458 e. The number of ether oxygens (including phenoxy) is 2. The van der Waals surface area contributed by atoms with Gasteiger partial charge in [-0.05, 0) is 67.3 Å². The zero-order valence-electron chi connectivity index (χ0n) is 17.3. The second-order valence-electron chi connectivity index (χ2n) is 9.89. The molecule has 4 rings (SSSR count). The van der Waals surface area contributed by atoms with Crippen molar-refractivity contribution in [1.29, 1.82) is 0 Å². The van der Waals surface area contributed by atoms with Crippen molar-refractivity contribution in [3.8, 4) is 0 Å². The van der Waals surface area contributed by atoms with Crippen molar-refractivity contribution < 1.29 is 29.3 Å². The summed E-state index contributed by atoms with van der Waals surface area (Å²) < 4.78 is 10.9. The van der Waals surface area contributed by atoms with Crippen molar-refractivity contribution in [1.82, 2.24) is 0 Å². The van der Waals surface area contributed by atoms with Gasteiger partial charge >= 0.3 is 11.9 Å². The van der Waals surface area contributed by atoms with Crippen LogP contribution in [0.3, 0.4) is 0 Å². The number of rotatable bonds is 2. The Hall–Kier alpha value is -1.40. The van der Waals surface area contributed by atoms with Gasteiger partial charge in [0, 0.05) is 12.5 Å². The van der Waals surface area contributed by atoms with Crippen LogP contribution in [0.1, 0.15) is 66.2 Å². The van der Waals surface area contributed by atoms with E-state index in [1.807, 2.05) is 13.8 Å². The quantitative estimate of drug-likeness (QED) is 0.702. The summed E-state index contributed by atoms with van der Waals surface area (Å²) in [7, 11) is 0. The summed E-state index contributed by atoms with van der Waals surface area (Å²) in [6, 6.07) is 0. The molecular formula is C22H32O6. The molecule has 2 fully saturated rings. The van der Waals surface area contributed by atoms with Gasteiger partial charge in [0.2, 0.25) is 0 Å². The highest BCUT2D eigenvalue weighted by Gasteiger charge is 2.67. The SMILES string of the molecule is CC(=O)O[C@@H]1[C@](O)(C(C)C)CCC2[C@@]3(C)CCC4=C(COC4=O)[C@@H]3CC[C@]21O. The van der Waals surface area contributed by atoms with Crippen molar-refractivity contribution in [2.24, 2.45) is 23.2 Å². The normalized spacial score (nSPS) is 45.2. The second kappa shape index (κ2) is 6.30. The molecule has 0 spiro atoms. The number of aliphatic hydroxyl groups is 2. The van der Waals surface area contributed by atoms with Gasteiger partial charge in [-0.1, -0.05) is 20.8 Å². The number of fused-ring (bicyclic) bond motifs is 4. The fraction of sp³-hybridized carbons (Fsp3) is 0.818. The van der Waals surface area contributed by atoms with Crippen LogP contribution >= 0.6 is 0 Å². The molecule has 2 N–H and O–H groups in total. The molecule has 156 valence electrons. The van der Waals surface area contributed by atoms with Gasteiger partial charge in [0.05, 0.1) is 0 Å². The Morgan fingerprint density at radius 1 is 1.21 bits per heavy atom. The molecule has 0 aromatic rings. The number of carbonyl (C=O) groups is 2. The predicted molar refractivity (Wildman–Crippen MR) is 101 cm³/mol. The molecule has 6 nitrogen and oxygen atoms in total. The zero-order valence-corrected chi connectivity index (χ0v) is 17.3. The molecule has 0 saturated heterocycles. The fourth-order valence-electron chi connectivity index (χ4n) is 6.82. The molecule has 6 atom stereocenters. The van der Waals surface area contributed by atoms with Crippen LogP contribution in [0.25, 0.3) is 0 Å². The number of cyclic esters (lactones) is 1. The smallest absolute Gasteiger partial charge is 0.334 e. The fourth-order valence-corrected chi connectivity index (χ4v) is 6.82. The lowest BCUT2D eigenvalue weighted by Gasteiger charge is -2.63. The standard InChI is InChI=1S/C22H32O6/c1-12(2)21(25)10-7-17-20(4)8-5-14-15(11-27-18(14)24)16(20)6-9-22(17,26)19(21)28-13(3)23/h12,16-17,19,25-26H,5-11H2,1-4H3/t16-,17?,19+,20-,21+,22-/m0/s1. The Labute approximate surface area is 166 Å². The molecule has 2 saturated carbocycles. The topological polar surface area (TPSA) is 93.1 Å². The third kappa shape index (κ3) is 2.53. The molecule has 3 aliphatic carbocycles. The maximum Gasteiger partial charge on any atom is 0.334 e. The molecule has 28 heavy (non-hydrogen) atoms. The summed E-state index contributed by atoms with van der Waals surface area (Å²) in [5, 5.41) is 23.3. The lowest BCUT2D eigenvalue weighted by molar-refractivity contribution is -0.278. The van der Waals surface area contributed by atoms with E-state index < -0.39 is 23.3 Å². The summed E-state index contributed by atoms with van der Waals surface area (Å²) in [4.78, 5) is 23.9. The first kappa shape index (κ1) is 19.9. The minimum absolute atomic E-state index is 0.105. The zero-order chi connectivity index (χ0) is 20.5. The molecule has 0 amide bonds. The molecule has 0 radical (unpaired) electrons. The number of esters is 2. The molecule has 0 aromatic heterocycles. The third-order valence-electron chi connectivity index (χ3n) is 8.38. The Kier molecular flexibility index (Phi) is 4.47. The molecule has 0 bridgehead atoms. The van der Waals surface area contributed by atoms with Crippen LogP contribution in [0.4, 0.5) is 0 Å². The average molecular weight is 392 g/mol. The molecule has 1 unspecified atom stereocenters. The number of hydrogen-bond donors (Lipinski definition) is 2. The highest BCUT2D eigenvalue weighted by molar-refractivity contribution is 5.92. The maximum absolute atomic E-state index is 12.0. The summed E-state index contributed by atoms with van der Waals surface area (Å²) in [5.41, 5.74) is -0.786. The van der Waals surface area contributed by atoms with Crippen LogP contribution in [0.2, 0.25) is 0 Å². The van der Waals surface area contributed by atoms with E-state index in [0.29, 0.717) is 38.7 Å². The van der Waals surface area contributed by atoms with Crippen LogP contribution in [-0.4, -0.2) is 46.1 Å². The van der Waals surface area contributed by atoms with Crippen LogP contribution in [0.15, 0.2) is 11.1 Å². The Morgan fingerprint density at radius 3 is 2.57 bits per heavy atom. The number of carbonyl (C=O) groups excluding carboxylic acids is 2. The first-order valence-electron chi connectivity index (χ1n) is 10.5. The van der Waals surface area contributed by atoms with Crippen LogP contribution in [0, 0.1) is 23.2 Å². The molecule has 0 aromatic carbocycles. The Morgan fingerprint density at radius 2 is 1.93 bits per heavy atom. The van der Waals surface area contributed by atoms with Crippen molar-refractivity contribution in [2.45, 2.75) is 83.5 Å². The van der Waals surface area contributed by atoms with Gasteiger partial charge < -0.3 is 19.7 Å². The van der Waals surface area contributed by atoms with Crippen LogP contribution < -0.4 is 0 Å². The minimum Gasteiger partial charge on any atom is -0.458 e. The van der Waals surface area contributed by atoms with Crippen molar-refractivity contribution in [3.63, 3.8) is 0 Å². The van der Waals surface area contributed by atoms with E-state index in [9.17, 15) is 19.8 Å². The van der Waals surface area contributed by atoms with Gasteiger partial charge in [0.1, 0.15) is 17.8 Å². The first-order chi connectivity index (χ1) is 13.0. The van der Waals surface area contributed by atoms with Gasteiger partial charge in [0.15, 0.2) is 6.10 Å². The summed E-state index contributed by atoms with van der Waals surface area (Å²) in [6.45, 7) is 7.71. The Bertz CT molecular complexity index is 741. The van der Waals surface area contributed by atoms with E-state index in [1.54, 1.807) is 0 Å². The van der Waals surface area contributed by atoms with Gasteiger partial charge in [-0.3, -0.25) is 4.79 Å². The average Bonchev–Trinajstić information content (AvgIpc) is 2.98. The summed E-state index contributed by atoms with van der Waals surface area (Å²) in [5.74, 6) is -0.723. The monoisotopic (exact) mass is 392 g/mol. The van der Waals surface area contributed by atoms with E-state index >= 15 is 0 Å². The highest BCUT2D eigenvalue weighted by atomic mass is 16.6. The van der Waals surface area contributed by atoms with E-state index in [1.165, 1.54) is 6.92 Å². The highest BCUT2D eigenvalue weighted by Crippen LogP contribution is 2.64. The van der Waals surface area contributed by atoms with Crippen molar-refractivity contribution in [3.05, 3.63) is 11.1 Å². The predicted octanol–water partition coefficient (Wildman–Crippen LogP) is 2.51. The summed E-state index contributed by atoms with van der Waals surface area (Å²) >= 11 is 0. The third-order valence-corrected chi connectivity index (χ3v) is 8.38. The molecular weight excluding hydrogens is 360 g/mol. The van der Waals surface area contributed by atoms with E-state index in [4.69, 9.17) is 9.47 Å². The van der Waals surface area contributed by atoms with Gasteiger partial charge in [-0.25, -0.2) is 4.79 Å². The summed E-state index contributed by atoms with van der Waals surface area (Å²) in [6.07, 6.45) is 2.82. The second-order valence-corrected chi connectivity index (χ2v) is 9.89. The first-order valence-corrected chi connectivity index (χ1v) is 10.5. The van der Waals surface area contributed by atoms with E-state index in [-0.39, 0.29) is 29.1 Å². The number of hydrogen-bond acceptors (Lipinski definition) is 6. The van der Waals surface area contributed by atoms with Gasteiger partial charge in [-0.15, -0.1) is 0 Å². The molecule has 1 heterocycles. The lowest BCUT2D eigenvalue weighted by atomic mass is 9.45. The lowest BCUT2D eigenvalue weighted by Crippen LogP contribution is -2.71. The maximum atomic E-state index is 12.0. The Balaban J connectivity index is 1.75.